The van der Waals surface area contributed by atoms with Gasteiger partial charge in [0.15, 0.2) is 5.78 Å². The molecule has 2 rings (SSSR count). The van der Waals surface area contributed by atoms with E-state index in [4.69, 9.17) is 0 Å². The first-order valence-electron chi connectivity index (χ1n) is 4.52. The molecule has 1 heterocycles. The van der Waals surface area contributed by atoms with Gasteiger partial charge in [0.05, 0.1) is 9.98 Å². The molecule has 16 heavy (non-hydrogen) atoms. The Morgan fingerprint density at radius 2 is 2.31 bits per heavy atom. The van der Waals surface area contributed by atoms with E-state index in [0.29, 0.717) is 10.2 Å². The minimum Gasteiger partial charge on any atom is -0.292 e. The maximum Gasteiger partial charge on any atom is 0.186 e. The van der Waals surface area contributed by atoms with Crippen molar-refractivity contribution in [3.8, 4) is 0 Å². The monoisotopic (exact) mass is 299 g/mol. The molecule has 0 aliphatic carbocycles. The maximum atomic E-state index is 13.0. The average Bonchev–Trinajstić information content (AvgIpc) is 2.77. The predicted molar refractivity (Wildman–Crippen MR) is 64.2 cm³/mol. The average molecular weight is 300 g/mol. The number of thiazole rings is 1. The van der Waals surface area contributed by atoms with Crippen molar-refractivity contribution < 1.29 is 9.18 Å². The molecule has 0 aliphatic rings. The summed E-state index contributed by atoms with van der Waals surface area (Å²) < 4.78 is 13.3. The number of hydrogen-bond acceptors (Lipinski definition) is 3. The second-order valence-electron chi connectivity index (χ2n) is 3.22. The van der Waals surface area contributed by atoms with Gasteiger partial charge < -0.3 is 0 Å². The standard InChI is InChI=1S/C11H7BrFNOS/c12-8-3-7(1-2-9(8)13)4-11(15)10-5-16-6-14-10/h1-3,5-6H,4H2. The van der Waals surface area contributed by atoms with Crippen molar-refractivity contribution >= 4 is 33.0 Å². The van der Waals surface area contributed by atoms with Gasteiger partial charge in [0.1, 0.15) is 11.5 Å². The molecule has 0 amide bonds. The van der Waals surface area contributed by atoms with Gasteiger partial charge in [0, 0.05) is 11.8 Å². The van der Waals surface area contributed by atoms with Gasteiger partial charge in [-0.2, -0.15) is 0 Å². The van der Waals surface area contributed by atoms with Crippen LogP contribution in [0.15, 0.2) is 33.6 Å². The zero-order valence-corrected chi connectivity index (χ0v) is 10.5. The Morgan fingerprint density at radius 1 is 1.50 bits per heavy atom. The molecule has 0 unspecified atom stereocenters. The Hall–Kier alpha value is -1.07. The summed E-state index contributed by atoms with van der Waals surface area (Å²) in [4.78, 5) is 15.6. The summed E-state index contributed by atoms with van der Waals surface area (Å²) in [5.74, 6) is -0.385. The van der Waals surface area contributed by atoms with Gasteiger partial charge in [-0.25, -0.2) is 9.37 Å². The summed E-state index contributed by atoms with van der Waals surface area (Å²) in [6, 6.07) is 4.55. The highest BCUT2D eigenvalue weighted by atomic mass is 79.9. The highest BCUT2D eigenvalue weighted by molar-refractivity contribution is 9.10. The SMILES string of the molecule is O=C(Cc1ccc(F)c(Br)c1)c1cscn1. The van der Waals surface area contributed by atoms with E-state index in [1.165, 1.54) is 17.4 Å². The van der Waals surface area contributed by atoms with Gasteiger partial charge >= 0.3 is 0 Å². The molecule has 0 atom stereocenters. The van der Waals surface area contributed by atoms with Crippen molar-refractivity contribution in [3.63, 3.8) is 0 Å². The fourth-order valence-corrected chi connectivity index (χ4v) is 2.26. The van der Waals surface area contributed by atoms with E-state index in [0.717, 1.165) is 5.56 Å². The van der Waals surface area contributed by atoms with Crippen molar-refractivity contribution in [2.24, 2.45) is 0 Å². The van der Waals surface area contributed by atoms with Gasteiger partial charge in [-0.15, -0.1) is 11.3 Å². The molecule has 2 nitrogen and oxygen atoms in total. The number of carbonyl (C=O) groups excluding carboxylic acids is 1. The van der Waals surface area contributed by atoms with E-state index in [-0.39, 0.29) is 18.0 Å². The van der Waals surface area contributed by atoms with Crippen molar-refractivity contribution in [1.29, 1.82) is 0 Å². The molecule has 0 spiro atoms. The number of aromatic nitrogens is 1. The van der Waals surface area contributed by atoms with E-state index >= 15 is 0 Å². The molecule has 1 aromatic heterocycles. The molecule has 0 fully saturated rings. The Kier molecular flexibility index (Phi) is 3.46. The first-order chi connectivity index (χ1) is 7.66. The molecule has 2 aromatic rings. The first-order valence-corrected chi connectivity index (χ1v) is 6.25. The van der Waals surface area contributed by atoms with Crippen LogP contribution in [0.1, 0.15) is 16.1 Å². The van der Waals surface area contributed by atoms with Crippen LogP contribution in [-0.2, 0) is 6.42 Å². The van der Waals surface area contributed by atoms with Crippen LogP contribution in [0.2, 0.25) is 0 Å². The molecule has 1 aromatic carbocycles. The minimum absolute atomic E-state index is 0.0558. The van der Waals surface area contributed by atoms with Crippen LogP contribution in [0.3, 0.4) is 0 Å². The smallest absolute Gasteiger partial charge is 0.186 e. The molecule has 5 heteroatoms. The third kappa shape index (κ3) is 2.54. The number of Topliss-reactive ketones (excluding diaryl/α,β-unsaturated/α-hetero) is 1. The Balaban J connectivity index is 2.15. The highest BCUT2D eigenvalue weighted by Gasteiger charge is 2.10. The lowest BCUT2D eigenvalue weighted by molar-refractivity contribution is 0.0989. The second-order valence-corrected chi connectivity index (χ2v) is 4.80. The minimum atomic E-state index is -0.329. The molecule has 82 valence electrons. The van der Waals surface area contributed by atoms with Crippen LogP contribution in [0.5, 0.6) is 0 Å². The first kappa shape index (κ1) is 11.4. The van der Waals surface area contributed by atoms with Gasteiger partial charge in [-0.05, 0) is 33.6 Å². The summed E-state index contributed by atoms with van der Waals surface area (Å²) in [5, 5.41) is 1.71. The fraction of sp³-hybridized carbons (Fsp3) is 0.0909. The highest BCUT2D eigenvalue weighted by Crippen LogP contribution is 2.18. The summed E-state index contributed by atoms with van der Waals surface area (Å²) in [6.07, 6.45) is 0.239. The van der Waals surface area contributed by atoms with Gasteiger partial charge in [0.2, 0.25) is 0 Å². The second kappa shape index (κ2) is 4.84. The third-order valence-electron chi connectivity index (χ3n) is 2.07. The topological polar surface area (TPSA) is 30.0 Å². The number of hydrogen-bond donors (Lipinski definition) is 0. The van der Waals surface area contributed by atoms with E-state index in [9.17, 15) is 9.18 Å². The molecular formula is C11H7BrFNOS. The van der Waals surface area contributed by atoms with Gasteiger partial charge in [-0.1, -0.05) is 6.07 Å². The normalized spacial score (nSPS) is 10.4. The van der Waals surface area contributed by atoms with E-state index < -0.39 is 0 Å². The van der Waals surface area contributed by atoms with E-state index in [1.807, 2.05) is 0 Å². The van der Waals surface area contributed by atoms with Crippen LogP contribution < -0.4 is 0 Å². The number of nitrogens with zero attached hydrogens (tertiary/aromatic N) is 1. The van der Waals surface area contributed by atoms with E-state index in [2.05, 4.69) is 20.9 Å². The Bertz CT molecular complexity index is 513. The lowest BCUT2D eigenvalue weighted by Gasteiger charge is -2.00. The molecule has 0 saturated carbocycles. The third-order valence-corrected chi connectivity index (χ3v) is 3.26. The van der Waals surface area contributed by atoms with Crippen molar-refractivity contribution in [2.75, 3.05) is 0 Å². The van der Waals surface area contributed by atoms with Crippen LogP contribution >= 0.6 is 27.3 Å². The number of benzene rings is 1. The zero-order chi connectivity index (χ0) is 11.5. The largest absolute Gasteiger partial charge is 0.292 e. The van der Waals surface area contributed by atoms with Gasteiger partial charge in [-0.3, -0.25) is 4.79 Å². The molecule has 0 aliphatic heterocycles. The zero-order valence-electron chi connectivity index (χ0n) is 8.11. The van der Waals surface area contributed by atoms with Crippen LogP contribution in [0, 0.1) is 5.82 Å². The number of halogens is 2. The maximum absolute atomic E-state index is 13.0. The quantitative estimate of drug-likeness (QED) is 0.812. The van der Waals surface area contributed by atoms with E-state index in [1.54, 1.807) is 23.0 Å². The number of rotatable bonds is 3. The summed E-state index contributed by atoms with van der Waals surface area (Å²) in [6.45, 7) is 0. The molecule has 0 radical (unpaired) electrons. The van der Waals surface area contributed by atoms with Crippen LogP contribution in [0.25, 0.3) is 0 Å². The Labute approximate surface area is 104 Å². The fourth-order valence-electron chi connectivity index (χ4n) is 1.28. The summed E-state index contributed by atoms with van der Waals surface area (Å²) in [7, 11) is 0. The number of ketones is 1. The van der Waals surface area contributed by atoms with Crippen molar-refractivity contribution in [2.45, 2.75) is 6.42 Å². The van der Waals surface area contributed by atoms with Gasteiger partial charge in [0.25, 0.3) is 0 Å². The summed E-state index contributed by atoms with van der Waals surface area (Å²) in [5.41, 5.74) is 2.85. The molecule has 0 N–H and O–H groups in total. The number of carbonyl (C=O) groups is 1. The molecule has 0 bridgehead atoms. The molecule has 0 saturated heterocycles. The summed E-state index contributed by atoms with van der Waals surface area (Å²) >= 11 is 4.47. The van der Waals surface area contributed by atoms with Crippen LogP contribution in [-0.4, -0.2) is 10.8 Å². The van der Waals surface area contributed by atoms with Crippen molar-refractivity contribution in [3.05, 3.63) is 50.6 Å². The molecular weight excluding hydrogens is 293 g/mol. The Morgan fingerprint density at radius 3 is 2.94 bits per heavy atom. The lowest BCUT2D eigenvalue weighted by Crippen LogP contribution is -2.03. The predicted octanol–water partition coefficient (Wildman–Crippen LogP) is 3.47. The lowest BCUT2D eigenvalue weighted by atomic mass is 10.1. The van der Waals surface area contributed by atoms with Crippen LogP contribution in [0.4, 0.5) is 4.39 Å². The van der Waals surface area contributed by atoms with Crippen molar-refractivity contribution in [1.82, 2.24) is 4.98 Å².